The number of aromatic nitrogens is 4. The van der Waals surface area contributed by atoms with E-state index in [1.54, 1.807) is 43.3 Å². The van der Waals surface area contributed by atoms with Gasteiger partial charge in [-0.05, 0) is 31.2 Å². The Morgan fingerprint density at radius 1 is 1.25 bits per heavy atom. The SMILES string of the molecule is CCOc1cccc(-c2nc(C(N)=O)c3[nH]c(=O)n(-c4ccc5c(c4)OCO5)c3n2)c1O. The Labute approximate surface area is 180 Å². The molecule has 0 radical (unpaired) electrons. The maximum atomic E-state index is 12.8. The van der Waals surface area contributed by atoms with Crippen LogP contribution in [-0.2, 0) is 0 Å². The Kier molecular flexibility index (Phi) is 4.43. The molecule has 0 spiro atoms. The third kappa shape index (κ3) is 2.98. The molecule has 0 saturated heterocycles. The van der Waals surface area contributed by atoms with Gasteiger partial charge in [-0.3, -0.25) is 4.79 Å². The number of amides is 1. The highest BCUT2D eigenvalue weighted by Gasteiger charge is 2.23. The van der Waals surface area contributed by atoms with Gasteiger partial charge in [0.2, 0.25) is 6.79 Å². The van der Waals surface area contributed by atoms with Gasteiger partial charge in [-0.1, -0.05) is 6.07 Å². The molecule has 32 heavy (non-hydrogen) atoms. The number of nitrogens with zero attached hydrogens (tertiary/aromatic N) is 3. The van der Waals surface area contributed by atoms with Gasteiger partial charge in [0.15, 0.2) is 40.2 Å². The third-order valence-electron chi connectivity index (χ3n) is 4.92. The molecule has 0 fully saturated rings. The van der Waals surface area contributed by atoms with Crippen LogP contribution in [0.2, 0.25) is 0 Å². The highest BCUT2D eigenvalue weighted by atomic mass is 16.7. The van der Waals surface area contributed by atoms with Crippen molar-refractivity contribution in [1.29, 1.82) is 0 Å². The van der Waals surface area contributed by atoms with Crippen LogP contribution in [0, 0.1) is 0 Å². The molecule has 2 aromatic carbocycles. The van der Waals surface area contributed by atoms with Crippen molar-refractivity contribution in [1.82, 2.24) is 19.5 Å². The molecular formula is C21H17N5O6. The lowest BCUT2D eigenvalue weighted by molar-refractivity contribution is 0.0997. The van der Waals surface area contributed by atoms with Gasteiger partial charge in [0.1, 0.15) is 5.52 Å². The van der Waals surface area contributed by atoms with Crippen LogP contribution in [0.25, 0.3) is 28.2 Å². The van der Waals surface area contributed by atoms with Crippen LogP contribution >= 0.6 is 0 Å². The first-order valence-corrected chi connectivity index (χ1v) is 9.65. The lowest BCUT2D eigenvalue weighted by atomic mass is 10.1. The van der Waals surface area contributed by atoms with Crippen LogP contribution in [0.5, 0.6) is 23.0 Å². The van der Waals surface area contributed by atoms with Gasteiger partial charge >= 0.3 is 5.69 Å². The predicted octanol–water partition coefficient (Wildman–Crippen LogP) is 1.71. The van der Waals surface area contributed by atoms with E-state index >= 15 is 0 Å². The van der Waals surface area contributed by atoms with Gasteiger partial charge in [-0.25, -0.2) is 19.3 Å². The monoisotopic (exact) mass is 435 g/mol. The van der Waals surface area contributed by atoms with E-state index in [9.17, 15) is 14.7 Å². The number of phenolic OH excluding ortho intramolecular Hbond substituents is 1. The van der Waals surface area contributed by atoms with Crippen molar-refractivity contribution in [3.8, 4) is 40.1 Å². The Morgan fingerprint density at radius 3 is 2.84 bits per heavy atom. The van der Waals surface area contributed by atoms with Crippen molar-refractivity contribution in [2.24, 2.45) is 5.73 Å². The van der Waals surface area contributed by atoms with Crippen molar-refractivity contribution >= 4 is 17.1 Å². The number of nitrogens with two attached hydrogens (primary N) is 1. The zero-order valence-electron chi connectivity index (χ0n) is 16.8. The summed E-state index contributed by atoms with van der Waals surface area (Å²) in [6.07, 6.45) is 0. The van der Waals surface area contributed by atoms with Crippen molar-refractivity contribution in [2.75, 3.05) is 13.4 Å². The molecule has 4 aromatic rings. The largest absolute Gasteiger partial charge is 0.504 e. The number of primary amides is 1. The highest BCUT2D eigenvalue weighted by molar-refractivity contribution is 6.02. The number of nitrogens with one attached hydrogen (secondary N) is 1. The van der Waals surface area contributed by atoms with Crippen LogP contribution < -0.4 is 25.6 Å². The number of carbonyl (C=O) groups excluding carboxylic acids is 1. The lowest BCUT2D eigenvalue weighted by Crippen LogP contribution is -2.15. The average molecular weight is 435 g/mol. The minimum Gasteiger partial charge on any atom is -0.504 e. The first-order valence-electron chi connectivity index (χ1n) is 9.65. The zero-order chi connectivity index (χ0) is 22.4. The summed E-state index contributed by atoms with van der Waals surface area (Å²) in [5, 5.41) is 10.6. The summed E-state index contributed by atoms with van der Waals surface area (Å²) in [5.74, 6) is 0.188. The molecule has 0 atom stereocenters. The summed E-state index contributed by atoms with van der Waals surface area (Å²) in [6.45, 7) is 2.20. The van der Waals surface area contributed by atoms with Crippen molar-refractivity contribution in [3.63, 3.8) is 0 Å². The van der Waals surface area contributed by atoms with Crippen LogP contribution in [0.1, 0.15) is 17.4 Å². The van der Waals surface area contributed by atoms with E-state index in [2.05, 4.69) is 15.0 Å². The molecule has 5 rings (SSSR count). The number of hydrogen-bond donors (Lipinski definition) is 3. The predicted molar refractivity (Wildman–Crippen MR) is 112 cm³/mol. The zero-order valence-corrected chi connectivity index (χ0v) is 16.8. The molecule has 162 valence electrons. The Morgan fingerprint density at radius 2 is 2.06 bits per heavy atom. The van der Waals surface area contributed by atoms with E-state index < -0.39 is 11.6 Å². The topological polar surface area (TPSA) is 155 Å². The van der Waals surface area contributed by atoms with Crippen molar-refractivity contribution in [2.45, 2.75) is 6.92 Å². The second-order valence-corrected chi connectivity index (χ2v) is 6.85. The van der Waals surface area contributed by atoms with Crippen LogP contribution in [0.3, 0.4) is 0 Å². The summed E-state index contributed by atoms with van der Waals surface area (Å²) in [7, 11) is 0. The maximum absolute atomic E-state index is 12.8. The summed E-state index contributed by atoms with van der Waals surface area (Å²) in [4.78, 5) is 36.2. The third-order valence-corrected chi connectivity index (χ3v) is 4.92. The van der Waals surface area contributed by atoms with Crippen LogP contribution in [0.15, 0.2) is 41.2 Å². The number of H-pyrrole nitrogens is 1. The number of ether oxygens (including phenoxy) is 3. The van der Waals surface area contributed by atoms with Gasteiger partial charge in [0.25, 0.3) is 5.91 Å². The second-order valence-electron chi connectivity index (χ2n) is 6.85. The number of aromatic amines is 1. The molecule has 4 N–H and O–H groups in total. The van der Waals surface area contributed by atoms with Gasteiger partial charge in [-0.15, -0.1) is 0 Å². The first-order chi connectivity index (χ1) is 15.5. The molecular weight excluding hydrogens is 418 g/mol. The fourth-order valence-electron chi connectivity index (χ4n) is 3.52. The number of hydrogen-bond acceptors (Lipinski definition) is 8. The Bertz CT molecular complexity index is 1440. The highest BCUT2D eigenvalue weighted by Crippen LogP contribution is 2.37. The van der Waals surface area contributed by atoms with E-state index in [4.69, 9.17) is 19.9 Å². The second kappa shape index (κ2) is 7.30. The van der Waals surface area contributed by atoms with E-state index in [-0.39, 0.29) is 46.5 Å². The fourth-order valence-corrected chi connectivity index (χ4v) is 3.52. The molecule has 1 aliphatic heterocycles. The lowest BCUT2D eigenvalue weighted by Gasteiger charge is -2.11. The summed E-state index contributed by atoms with van der Waals surface area (Å²) in [5.41, 5.74) is 5.60. The van der Waals surface area contributed by atoms with E-state index in [1.807, 2.05) is 0 Å². The Balaban J connectivity index is 1.78. The maximum Gasteiger partial charge on any atom is 0.332 e. The van der Waals surface area contributed by atoms with E-state index in [0.717, 1.165) is 0 Å². The molecule has 11 nitrogen and oxygen atoms in total. The Hall–Kier alpha value is -4.54. The number of para-hydroxylation sites is 1. The van der Waals surface area contributed by atoms with Gasteiger partial charge in [0, 0.05) is 6.07 Å². The van der Waals surface area contributed by atoms with E-state index in [0.29, 0.717) is 23.8 Å². The van der Waals surface area contributed by atoms with Gasteiger partial charge in [-0.2, -0.15) is 0 Å². The standard InChI is InChI=1S/C21H17N5O6/c1-2-30-13-5-3-4-11(17(13)27)19-23-15(18(22)28)16-20(25-19)26(21(29)24-16)10-6-7-12-14(8-10)32-9-31-12/h3-8,27H,2,9H2,1H3,(H2,22,28)(H,24,29). The van der Waals surface area contributed by atoms with E-state index in [1.165, 1.54) is 4.57 Å². The molecule has 0 aliphatic carbocycles. The fraction of sp³-hybridized carbons (Fsp3) is 0.143. The van der Waals surface area contributed by atoms with Gasteiger partial charge < -0.3 is 30.0 Å². The van der Waals surface area contributed by atoms with Crippen LogP contribution in [-0.4, -0.2) is 43.9 Å². The number of aromatic hydroxyl groups is 1. The summed E-state index contributed by atoms with van der Waals surface area (Å²) >= 11 is 0. The molecule has 0 unspecified atom stereocenters. The van der Waals surface area contributed by atoms with Crippen molar-refractivity contribution < 1.29 is 24.1 Å². The minimum absolute atomic E-state index is 0.00107. The molecule has 0 bridgehead atoms. The molecule has 2 aromatic heterocycles. The average Bonchev–Trinajstić information content (AvgIpc) is 3.37. The summed E-state index contributed by atoms with van der Waals surface area (Å²) < 4.78 is 17.4. The smallest absolute Gasteiger partial charge is 0.332 e. The number of benzene rings is 2. The summed E-state index contributed by atoms with van der Waals surface area (Å²) in [6, 6.07) is 9.75. The molecule has 1 aliphatic rings. The number of carbonyl (C=O) groups is 1. The number of fused-ring (bicyclic) bond motifs is 2. The molecule has 1 amide bonds. The van der Waals surface area contributed by atoms with Crippen LogP contribution in [0.4, 0.5) is 0 Å². The minimum atomic E-state index is -0.863. The normalized spacial score (nSPS) is 12.3. The molecule has 11 heteroatoms. The quantitative estimate of drug-likeness (QED) is 0.428. The van der Waals surface area contributed by atoms with Crippen molar-refractivity contribution in [3.05, 3.63) is 52.6 Å². The first kappa shape index (κ1) is 19.4. The van der Waals surface area contributed by atoms with Gasteiger partial charge in [0.05, 0.1) is 17.9 Å². The number of imidazole rings is 1. The molecule has 3 heterocycles. The molecule has 0 saturated carbocycles. The number of phenols is 1. The number of rotatable bonds is 5.